The summed E-state index contributed by atoms with van der Waals surface area (Å²) in [5.74, 6) is 0.450. The maximum Gasteiger partial charge on any atom is 0.247 e. The number of hydrogen-bond acceptors (Lipinski definition) is 6. The SMILES string of the molecule is Nc1cn(CC(=O)Nc2ccncn2)nn1. The van der Waals surface area contributed by atoms with Crippen molar-refractivity contribution < 1.29 is 4.79 Å². The van der Waals surface area contributed by atoms with E-state index in [-0.39, 0.29) is 18.3 Å². The van der Waals surface area contributed by atoms with Gasteiger partial charge in [0.15, 0.2) is 5.82 Å². The molecule has 0 atom stereocenters. The van der Waals surface area contributed by atoms with Crippen molar-refractivity contribution in [2.75, 3.05) is 11.1 Å². The second-order valence-corrected chi connectivity index (χ2v) is 2.98. The number of nitrogen functional groups attached to an aromatic ring is 1. The molecule has 0 saturated carbocycles. The molecule has 0 bridgehead atoms. The van der Waals surface area contributed by atoms with Crippen LogP contribution in [0.2, 0.25) is 0 Å². The molecule has 2 heterocycles. The minimum atomic E-state index is -0.261. The van der Waals surface area contributed by atoms with Crippen LogP contribution in [0.3, 0.4) is 0 Å². The van der Waals surface area contributed by atoms with Crippen molar-refractivity contribution in [3.63, 3.8) is 0 Å². The molecule has 0 aliphatic heterocycles. The van der Waals surface area contributed by atoms with Crippen LogP contribution in [0.1, 0.15) is 0 Å². The van der Waals surface area contributed by atoms with E-state index in [1.807, 2.05) is 0 Å². The first kappa shape index (κ1) is 10.0. The number of aromatic nitrogens is 5. The van der Waals surface area contributed by atoms with E-state index in [1.54, 1.807) is 6.07 Å². The molecule has 0 aliphatic carbocycles. The highest BCUT2D eigenvalue weighted by Gasteiger charge is 2.05. The monoisotopic (exact) mass is 219 g/mol. The Morgan fingerprint density at radius 3 is 3.06 bits per heavy atom. The predicted octanol–water partition coefficient (Wildman–Crippen LogP) is -0.711. The van der Waals surface area contributed by atoms with E-state index in [1.165, 1.54) is 23.4 Å². The van der Waals surface area contributed by atoms with Gasteiger partial charge in [0.05, 0.1) is 6.20 Å². The third kappa shape index (κ3) is 2.50. The summed E-state index contributed by atoms with van der Waals surface area (Å²) >= 11 is 0. The summed E-state index contributed by atoms with van der Waals surface area (Å²) < 4.78 is 1.34. The van der Waals surface area contributed by atoms with E-state index in [0.717, 1.165) is 0 Å². The summed E-state index contributed by atoms with van der Waals surface area (Å²) in [4.78, 5) is 19.1. The molecule has 0 radical (unpaired) electrons. The summed E-state index contributed by atoms with van der Waals surface area (Å²) in [6, 6.07) is 1.59. The molecule has 0 saturated heterocycles. The Hall–Kier alpha value is -2.51. The lowest BCUT2D eigenvalue weighted by molar-refractivity contribution is -0.116. The second kappa shape index (κ2) is 4.34. The minimum Gasteiger partial charge on any atom is -0.381 e. The zero-order chi connectivity index (χ0) is 11.4. The van der Waals surface area contributed by atoms with Gasteiger partial charge in [-0.3, -0.25) is 4.79 Å². The van der Waals surface area contributed by atoms with E-state index >= 15 is 0 Å². The second-order valence-electron chi connectivity index (χ2n) is 2.98. The van der Waals surface area contributed by atoms with Gasteiger partial charge in [0.25, 0.3) is 0 Å². The number of nitrogens with zero attached hydrogens (tertiary/aromatic N) is 5. The first-order valence-corrected chi connectivity index (χ1v) is 4.45. The normalized spacial score (nSPS) is 10.0. The van der Waals surface area contributed by atoms with E-state index in [4.69, 9.17) is 5.73 Å². The van der Waals surface area contributed by atoms with Crippen molar-refractivity contribution in [2.45, 2.75) is 6.54 Å². The van der Waals surface area contributed by atoms with Crippen LogP contribution in [0.25, 0.3) is 0 Å². The molecule has 16 heavy (non-hydrogen) atoms. The Balaban J connectivity index is 1.95. The molecule has 8 heteroatoms. The maximum atomic E-state index is 11.5. The molecule has 0 fully saturated rings. The largest absolute Gasteiger partial charge is 0.381 e. The summed E-state index contributed by atoms with van der Waals surface area (Å²) in [5.41, 5.74) is 5.36. The number of carbonyl (C=O) groups excluding carboxylic acids is 1. The zero-order valence-corrected chi connectivity index (χ0v) is 8.24. The maximum absolute atomic E-state index is 11.5. The molecule has 2 rings (SSSR count). The Labute approximate surface area is 90.5 Å². The number of hydrogen-bond donors (Lipinski definition) is 2. The minimum absolute atomic E-state index is 0.0359. The predicted molar refractivity (Wildman–Crippen MR) is 55.1 cm³/mol. The van der Waals surface area contributed by atoms with Gasteiger partial charge in [0, 0.05) is 6.20 Å². The van der Waals surface area contributed by atoms with Crippen LogP contribution in [0.4, 0.5) is 11.6 Å². The summed E-state index contributed by atoms with van der Waals surface area (Å²) in [5, 5.41) is 9.79. The van der Waals surface area contributed by atoms with Crippen LogP contribution in [0.15, 0.2) is 24.8 Å². The highest BCUT2D eigenvalue weighted by molar-refractivity contribution is 5.89. The fourth-order valence-corrected chi connectivity index (χ4v) is 1.08. The lowest BCUT2D eigenvalue weighted by Crippen LogP contribution is -2.19. The van der Waals surface area contributed by atoms with Gasteiger partial charge in [-0.1, -0.05) is 5.21 Å². The molecular formula is C8H9N7O. The number of anilines is 2. The third-order valence-electron chi connectivity index (χ3n) is 1.71. The summed E-state index contributed by atoms with van der Waals surface area (Å²) in [6.45, 7) is 0.0359. The molecular weight excluding hydrogens is 210 g/mol. The molecule has 0 unspecified atom stereocenters. The Kier molecular flexibility index (Phi) is 2.72. The van der Waals surface area contributed by atoms with Gasteiger partial charge in [-0.15, -0.1) is 5.10 Å². The van der Waals surface area contributed by atoms with E-state index in [0.29, 0.717) is 5.82 Å². The number of carbonyl (C=O) groups is 1. The standard InChI is InChI=1S/C8H9N7O/c9-6-3-15(14-13-6)4-8(16)12-7-1-2-10-5-11-7/h1-3,5H,4,9H2,(H,10,11,12,16). The van der Waals surface area contributed by atoms with Crippen molar-refractivity contribution in [1.82, 2.24) is 25.0 Å². The van der Waals surface area contributed by atoms with Crippen molar-refractivity contribution in [3.8, 4) is 0 Å². The van der Waals surface area contributed by atoms with Crippen LogP contribution in [0, 0.1) is 0 Å². The zero-order valence-electron chi connectivity index (χ0n) is 8.24. The highest BCUT2D eigenvalue weighted by Crippen LogP contribution is 1.99. The molecule has 0 aromatic carbocycles. The Morgan fingerprint density at radius 1 is 1.56 bits per heavy atom. The Bertz CT molecular complexity index is 480. The van der Waals surface area contributed by atoms with Crippen molar-refractivity contribution >= 4 is 17.5 Å². The highest BCUT2D eigenvalue weighted by atomic mass is 16.2. The number of rotatable bonds is 3. The smallest absolute Gasteiger partial charge is 0.247 e. The lowest BCUT2D eigenvalue weighted by Gasteiger charge is -2.02. The summed E-state index contributed by atoms with van der Waals surface area (Å²) in [6.07, 6.45) is 4.36. The van der Waals surface area contributed by atoms with Crippen LogP contribution < -0.4 is 11.1 Å². The number of nitrogens with two attached hydrogens (primary N) is 1. The molecule has 1 amide bonds. The number of nitrogens with one attached hydrogen (secondary N) is 1. The van der Waals surface area contributed by atoms with Crippen molar-refractivity contribution in [2.24, 2.45) is 0 Å². The third-order valence-corrected chi connectivity index (χ3v) is 1.71. The first-order valence-electron chi connectivity index (χ1n) is 4.45. The first-order chi connectivity index (χ1) is 7.74. The van der Waals surface area contributed by atoms with E-state index < -0.39 is 0 Å². The summed E-state index contributed by atoms with van der Waals surface area (Å²) in [7, 11) is 0. The number of amides is 1. The Morgan fingerprint density at radius 2 is 2.44 bits per heavy atom. The average molecular weight is 219 g/mol. The van der Waals surface area contributed by atoms with Crippen LogP contribution >= 0.6 is 0 Å². The molecule has 3 N–H and O–H groups in total. The van der Waals surface area contributed by atoms with Crippen LogP contribution in [-0.2, 0) is 11.3 Å². The van der Waals surface area contributed by atoms with Crippen LogP contribution in [-0.4, -0.2) is 30.9 Å². The molecule has 8 nitrogen and oxygen atoms in total. The van der Waals surface area contributed by atoms with E-state index in [9.17, 15) is 4.79 Å². The van der Waals surface area contributed by atoms with Crippen LogP contribution in [0.5, 0.6) is 0 Å². The van der Waals surface area contributed by atoms with Gasteiger partial charge < -0.3 is 11.1 Å². The molecule has 2 aromatic rings. The van der Waals surface area contributed by atoms with Gasteiger partial charge in [-0.2, -0.15) is 0 Å². The fraction of sp³-hybridized carbons (Fsp3) is 0.125. The topological polar surface area (TPSA) is 112 Å². The van der Waals surface area contributed by atoms with Crippen molar-refractivity contribution in [3.05, 3.63) is 24.8 Å². The van der Waals surface area contributed by atoms with Gasteiger partial charge in [0.1, 0.15) is 18.7 Å². The van der Waals surface area contributed by atoms with Crippen molar-refractivity contribution in [1.29, 1.82) is 0 Å². The molecule has 0 spiro atoms. The molecule has 82 valence electrons. The fourth-order valence-electron chi connectivity index (χ4n) is 1.08. The lowest BCUT2D eigenvalue weighted by atomic mass is 10.5. The average Bonchev–Trinajstić information content (AvgIpc) is 2.65. The van der Waals surface area contributed by atoms with E-state index in [2.05, 4.69) is 25.6 Å². The molecule has 2 aromatic heterocycles. The van der Waals surface area contributed by atoms with Gasteiger partial charge in [0.2, 0.25) is 5.91 Å². The van der Waals surface area contributed by atoms with Gasteiger partial charge in [-0.05, 0) is 6.07 Å². The quantitative estimate of drug-likeness (QED) is 0.705. The van der Waals surface area contributed by atoms with Gasteiger partial charge >= 0.3 is 0 Å². The molecule has 0 aliphatic rings. The van der Waals surface area contributed by atoms with Gasteiger partial charge in [-0.25, -0.2) is 14.6 Å².